The van der Waals surface area contributed by atoms with Crippen LogP contribution < -0.4 is 0 Å². The van der Waals surface area contributed by atoms with Gasteiger partial charge in [-0.25, -0.2) is 9.67 Å². The van der Waals surface area contributed by atoms with E-state index in [0.29, 0.717) is 0 Å². The molecule has 1 saturated heterocycles. The van der Waals surface area contributed by atoms with Gasteiger partial charge in [-0.1, -0.05) is 12.1 Å². The van der Waals surface area contributed by atoms with Crippen molar-refractivity contribution in [1.29, 1.82) is 0 Å². The summed E-state index contributed by atoms with van der Waals surface area (Å²) in [6.07, 6.45) is 2.08. The first-order valence-corrected chi connectivity index (χ1v) is 8.54. The maximum atomic E-state index is 5.43. The molecule has 6 nitrogen and oxygen atoms in total. The highest BCUT2D eigenvalue weighted by atomic mass is 16.5. The molecule has 0 atom stereocenters. The molecule has 0 unspecified atom stereocenters. The smallest absolute Gasteiger partial charge is 0.182 e. The maximum Gasteiger partial charge on any atom is 0.182 e. The number of nitrogens with zero attached hydrogens (tertiary/aromatic N) is 5. The fourth-order valence-electron chi connectivity index (χ4n) is 3.32. The van der Waals surface area contributed by atoms with Crippen molar-refractivity contribution in [3.8, 4) is 11.4 Å². The van der Waals surface area contributed by atoms with Crippen LogP contribution in [0.2, 0.25) is 0 Å². The van der Waals surface area contributed by atoms with E-state index in [4.69, 9.17) is 14.8 Å². The van der Waals surface area contributed by atoms with Crippen molar-refractivity contribution in [2.24, 2.45) is 7.05 Å². The van der Waals surface area contributed by atoms with Gasteiger partial charge in [-0.15, -0.1) is 0 Å². The van der Waals surface area contributed by atoms with Crippen LogP contribution in [0.25, 0.3) is 22.3 Å². The normalized spacial score (nSPS) is 16.1. The second-order valence-electron chi connectivity index (χ2n) is 6.22. The third-order valence-electron chi connectivity index (χ3n) is 4.69. The number of benzene rings is 1. The summed E-state index contributed by atoms with van der Waals surface area (Å²) in [6, 6.07) is 8.45. The van der Waals surface area contributed by atoms with E-state index in [-0.39, 0.29) is 0 Å². The Hall–Kier alpha value is -2.18. The molecule has 4 rings (SSSR count). The molecule has 3 heterocycles. The van der Waals surface area contributed by atoms with Crippen LogP contribution in [-0.4, -0.2) is 50.5 Å². The first-order chi connectivity index (χ1) is 11.8. The summed E-state index contributed by atoms with van der Waals surface area (Å²) in [7, 11) is 2.06. The minimum Gasteiger partial charge on any atom is -0.379 e. The van der Waals surface area contributed by atoms with Gasteiger partial charge < -0.3 is 9.30 Å². The zero-order valence-corrected chi connectivity index (χ0v) is 14.3. The quantitative estimate of drug-likeness (QED) is 0.738. The van der Waals surface area contributed by atoms with E-state index in [1.165, 1.54) is 10.9 Å². The number of aromatic nitrogens is 4. The Bertz CT molecular complexity index is 844. The first kappa shape index (κ1) is 15.4. The van der Waals surface area contributed by atoms with Gasteiger partial charge in [0.2, 0.25) is 0 Å². The van der Waals surface area contributed by atoms with E-state index >= 15 is 0 Å². The number of hydrogen-bond acceptors (Lipinski definition) is 4. The lowest BCUT2D eigenvalue weighted by atomic mass is 10.1. The van der Waals surface area contributed by atoms with Crippen molar-refractivity contribution in [1.82, 2.24) is 24.2 Å². The summed E-state index contributed by atoms with van der Waals surface area (Å²) >= 11 is 0. The lowest BCUT2D eigenvalue weighted by Gasteiger charge is -2.25. The van der Waals surface area contributed by atoms with Crippen molar-refractivity contribution in [2.45, 2.75) is 20.0 Å². The Morgan fingerprint density at radius 3 is 2.79 bits per heavy atom. The number of ether oxygens (including phenoxy) is 1. The molecule has 0 amide bonds. The van der Waals surface area contributed by atoms with Crippen molar-refractivity contribution >= 4 is 10.9 Å². The summed E-state index contributed by atoms with van der Waals surface area (Å²) in [5.74, 6) is 1.85. The van der Waals surface area contributed by atoms with Gasteiger partial charge in [0.1, 0.15) is 5.82 Å². The molecule has 3 aromatic rings. The Morgan fingerprint density at radius 2 is 2.00 bits per heavy atom. The topological polar surface area (TPSA) is 48.1 Å². The van der Waals surface area contributed by atoms with Crippen LogP contribution >= 0.6 is 0 Å². The number of fused-ring (bicyclic) bond motifs is 1. The van der Waals surface area contributed by atoms with E-state index in [2.05, 4.69) is 53.9 Å². The largest absolute Gasteiger partial charge is 0.379 e. The first-order valence-electron chi connectivity index (χ1n) is 8.54. The van der Waals surface area contributed by atoms with Crippen molar-refractivity contribution < 1.29 is 4.74 Å². The molecule has 6 heteroatoms. The van der Waals surface area contributed by atoms with Crippen LogP contribution in [0, 0.1) is 0 Å². The molecular formula is C18H23N5O. The van der Waals surface area contributed by atoms with Gasteiger partial charge >= 0.3 is 0 Å². The van der Waals surface area contributed by atoms with Gasteiger partial charge in [0.05, 0.1) is 19.8 Å². The number of hydrogen-bond donors (Lipinski definition) is 0. The minimum atomic E-state index is 0.802. The molecule has 1 aliphatic rings. The van der Waals surface area contributed by atoms with Crippen LogP contribution in [0.3, 0.4) is 0 Å². The van der Waals surface area contributed by atoms with Gasteiger partial charge in [0, 0.05) is 49.3 Å². The number of morpholine rings is 1. The molecule has 0 saturated carbocycles. The number of rotatable bonds is 4. The molecule has 0 aliphatic carbocycles. The molecule has 1 aliphatic heterocycles. The van der Waals surface area contributed by atoms with Gasteiger partial charge in [-0.2, -0.15) is 5.10 Å². The molecule has 2 aromatic heterocycles. The molecule has 1 aromatic carbocycles. The predicted octanol–water partition coefficient (Wildman–Crippen LogP) is 2.29. The lowest BCUT2D eigenvalue weighted by molar-refractivity contribution is 0.0325. The standard InChI is InChI=1S/C18H23N5O/c1-3-23-17(13-22-9-11-24-12-10-22)19-18(20-23)15-5-4-6-16-14(15)7-8-21(16)2/h4-8H,3,9-13H2,1-2H3. The zero-order chi connectivity index (χ0) is 16.5. The summed E-state index contributed by atoms with van der Waals surface area (Å²) in [6.45, 7) is 7.30. The van der Waals surface area contributed by atoms with E-state index in [1.807, 2.05) is 4.68 Å². The second kappa shape index (κ2) is 6.37. The van der Waals surface area contributed by atoms with Crippen molar-refractivity contribution in [3.63, 3.8) is 0 Å². The van der Waals surface area contributed by atoms with Crippen LogP contribution in [0.4, 0.5) is 0 Å². The Balaban J connectivity index is 1.70. The van der Waals surface area contributed by atoms with Crippen molar-refractivity contribution in [2.75, 3.05) is 26.3 Å². The van der Waals surface area contributed by atoms with Crippen LogP contribution in [0.15, 0.2) is 30.5 Å². The van der Waals surface area contributed by atoms with E-state index in [9.17, 15) is 0 Å². The molecule has 0 bridgehead atoms. The molecule has 1 fully saturated rings. The average Bonchev–Trinajstić information content (AvgIpc) is 3.20. The fraction of sp³-hybridized carbons (Fsp3) is 0.444. The van der Waals surface area contributed by atoms with Gasteiger partial charge in [-0.05, 0) is 19.1 Å². The zero-order valence-electron chi connectivity index (χ0n) is 14.3. The summed E-state index contributed by atoms with van der Waals surface area (Å²) < 4.78 is 9.58. The van der Waals surface area contributed by atoms with E-state index in [1.54, 1.807) is 0 Å². The van der Waals surface area contributed by atoms with E-state index in [0.717, 1.165) is 56.6 Å². The van der Waals surface area contributed by atoms with Crippen LogP contribution in [0.1, 0.15) is 12.7 Å². The van der Waals surface area contributed by atoms with Crippen molar-refractivity contribution in [3.05, 3.63) is 36.3 Å². The monoisotopic (exact) mass is 325 g/mol. The minimum absolute atomic E-state index is 0.802. The fourth-order valence-corrected chi connectivity index (χ4v) is 3.32. The Labute approximate surface area is 141 Å². The highest BCUT2D eigenvalue weighted by Gasteiger charge is 2.17. The molecule has 0 N–H and O–H groups in total. The van der Waals surface area contributed by atoms with E-state index < -0.39 is 0 Å². The summed E-state index contributed by atoms with van der Waals surface area (Å²) in [5, 5.41) is 5.96. The van der Waals surface area contributed by atoms with Gasteiger partial charge in [0.15, 0.2) is 5.82 Å². The SMILES string of the molecule is CCn1nc(-c2cccc3c2ccn3C)nc1CN1CCOCC1. The molecular weight excluding hydrogens is 302 g/mol. The molecule has 0 spiro atoms. The van der Waals surface area contributed by atoms with Crippen LogP contribution in [0.5, 0.6) is 0 Å². The van der Waals surface area contributed by atoms with Gasteiger partial charge in [-0.3, -0.25) is 4.90 Å². The number of aryl methyl sites for hydroxylation is 2. The third-order valence-corrected chi connectivity index (χ3v) is 4.69. The summed E-state index contributed by atoms with van der Waals surface area (Å²) in [5.41, 5.74) is 2.30. The Kier molecular flexibility index (Phi) is 4.08. The summed E-state index contributed by atoms with van der Waals surface area (Å²) in [4.78, 5) is 7.25. The molecule has 126 valence electrons. The lowest BCUT2D eigenvalue weighted by Crippen LogP contribution is -2.36. The predicted molar refractivity (Wildman–Crippen MR) is 93.7 cm³/mol. The maximum absolute atomic E-state index is 5.43. The van der Waals surface area contributed by atoms with Crippen LogP contribution in [-0.2, 0) is 24.9 Å². The molecule has 0 radical (unpaired) electrons. The highest BCUT2D eigenvalue weighted by molar-refractivity contribution is 5.93. The average molecular weight is 325 g/mol. The third kappa shape index (κ3) is 2.72. The molecule has 24 heavy (non-hydrogen) atoms. The van der Waals surface area contributed by atoms with Gasteiger partial charge in [0.25, 0.3) is 0 Å². The second-order valence-corrected chi connectivity index (χ2v) is 6.22. The highest BCUT2D eigenvalue weighted by Crippen LogP contribution is 2.27. The Morgan fingerprint density at radius 1 is 1.17 bits per heavy atom.